The van der Waals surface area contributed by atoms with Crippen LogP contribution in [-0.4, -0.2) is 0 Å². The molecule has 0 radical (unpaired) electrons. The molecule has 0 spiro atoms. The third kappa shape index (κ3) is 2.95. The number of hydrogen-bond acceptors (Lipinski definition) is 1. The maximum Gasteiger partial charge on any atom is 0.148 e. The summed E-state index contributed by atoms with van der Waals surface area (Å²) in [7, 11) is 0. The van der Waals surface area contributed by atoms with Crippen LogP contribution in [0.3, 0.4) is 0 Å². The Morgan fingerprint density at radius 3 is 2.42 bits per heavy atom. The Balaban J connectivity index is 2.50. The first-order valence-corrected chi connectivity index (χ1v) is 7.11. The van der Waals surface area contributed by atoms with Gasteiger partial charge in [-0.15, -0.1) is 0 Å². The van der Waals surface area contributed by atoms with E-state index in [0.717, 1.165) is 5.56 Å². The van der Waals surface area contributed by atoms with Gasteiger partial charge < -0.3 is 5.73 Å². The second-order valence-electron chi connectivity index (χ2n) is 4.27. The molecule has 2 aromatic carbocycles. The van der Waals surface area contributed by atoms with Gasteiger partial charge in [0.1, 0.15) is 5.82 Å². The summed E-state index contributed by atoms with van der Waals surface area (Å²) < 4.78 is 14.6. The molecule has 1 nitrogen and oxygen atoms in total. The van der Waals surface area contributed by atoms with Crippen molar-refractivity contribution in [2.24, 2.45) is 5.73 Å². The van der Waals surface area contributed by atoms with Crippen molar-refractivity contribution in [3.8, 4) is 0 Å². The predicted molar refractivity (Wildman–Crippen MR) is 81.3 cm³/mol. The molecule has 0 aliphatic carbocycles. The van der Waals surface area contributed by atoms with Gasteiger partial charge >= 0.3 is 0 Å². The molecule has 19 heavy (non-hydrogen) atoms. The molecule has 0 fully saturated rings. The fourth-order valence-electron chi connectivity index (χ4n) is 1.83. The molecule has 1 unspecified atom stereocenters. The lowest BCUT2D eigenvalue weighted by atomic mass is 9.98. The molecule has 0 saturated heterocycles. The quantitative estimate of drug-likeness (QED) is 0.725. The van der Waals surface area contributed by atoms with Gasteiger partial charge in [-0.2, -0.15) is 0 Å². The lowest BCUT2D eigenvalue weighted by Gasteiger charge is -2.16. The van der Waals surface area contributed by atoms with E-state index in [1.54, 1.807) is 24.3 Å². The van der Waals surface area contributed by atoms with E-state index in [1.807, 2.05) is 13.0 Å². The Morgan fingerprint density at radius 2 is 1.79 bits per heavy atom. The summed E-state index contributed by atoms with van der Waals surface area (Å²) in [5, 5.41) is 0.544. The van der Waals surface area contributed by atoms with Crippen LogP contribution >= 0.6 is 39.1 Å². The Bertz CT molecular complexity index is 631. The lowest BCUT2D eigenvalue weighted by Crippen LogP contribution is -2.14. The molecule has 0 bridgehead atoms. The van der Waals surface area contributed by atoms with Crippen molar-refractivity contribution in [3.05, 3.63) is 67.4 Å². The van der Waals surface area contributed by atoms with E-state index in [9.17, 15) is 4.39 Å². The molecular formula is C14H11BrCl2FN. The summed E-state index contributed by atoms with van der Waals surface area (Å²) in [6.07, 6.45) is 0. The standard InChI is InChI=1S/C14H11BrCl2FN/c1-7-2-3-8(11(16)6-7)14(19)9-4-5-10(15)12(17)13(9)18/h2-6,14H,19H2,1H3. The van der Waals surface area contributed by atoms with Gasteiger partial charge in [-0.05, 0) is 46.1 Å². The van der Waals surface area contributed by atoms with Gasteiger partial charge in [-0.3, -0.25) is 0 Å². The average molecular weight is 363 g/mol. The maximum absolute atomic E-state index is 14.1. The van der Waals surface area contributed by atoms with Crippen LogP contribution in [-0.2, 0) is 0 Å². The van der Waals surface area contributed by atoms with Crippen LogP contribution in [0.5, 0.6) is 0 Å². The van der Waals surface area contributed by atoms with Crippen LogP contribution < -0.4 is 5.73 Å². The molecule has 2 N–H and O–H groups in total. The summed E-state index contributed by atoms with van der Waals surface area (Å²) in [6.45, 7) is 1.93. The zero-order chi connectivity index (χ0) is 14.2. The van der Waals surface area contributed by atoms with E-state index in [-0.39, 0.29) is 5.02 Å². The fraction of sp³-hybridized carbons (Fsp3) is 0.143. The van der Waals surface area contributed by atoms with Gasteiger partial charge in [-0.25, -0.2) is 4.39 Å². The molecule has 0 heterocycles. The Labute approximate surface area is 129 Å². The maximum atomic E-state index is 14.1. The molecule has 0 aliphatic heterocycles. The number of benzene rings is 2. The molecule has 2 aromatic rings. The smallest absolute Gasteiger partial charge is 0.148 e. The second kappa shape index (κ2) is 5.80. The highest BCUT2D eigenvalue weighted by Crippen LogP contribution is 2.34. The zero-order valence-electron chi connectivity index (χ0n) is 10.1. The van der Waals surface area contributed by atoms with Crippen molar-refractivity contribution < 1.29 is 4.39 Å². The summed E-state index contributed by atoms with van der Waals surface area (Å²) in [5.41, 5.74) is 8.10. The highest BCUT2D eigenvalue weighted by molar-refractivity contribution is 9.10. The Kier molecular flexibility index (Phi) is 4.51. The minimum absolute atomic E-state index is 0.0242. The van der Waals surface area contributed by atoms with Crippen LogP contribution in [0, 0.1) is 12.7 Å². The monoisotopic (exact) mass is 361 g/mol. The van der Waals surface area contributed by atoms with E-state index >= 15 is 0 Å². The minimum Gasteiger partial charge on any atom is -0.320 e. The third-order valence-electron chi connectivity index (χ3n) is 2.89. The first-order chi connectivity index (χ1) is 8.91. The van der Waals surface area contributed by atoms with E-state index in [1.165, 1.54) is 0 Å². The zero-order valence-corrected chi connectivity index (χ0v) is 13.2. The fourth-order valence-corrected chi connectivity index (χ4v) is 2.66. The number of halogens is 4. The molecule has 0 amide bonds. The molecule has 0 aliphatic rings. The first kappa shape index (κ1) is 14.8. The van der Waals surface area contributed by atoms with Crippen molar-refractivity contribution in [2.75, 3.05) is 0 Å². The number of hydrogen-bond donors (Lipinski definition) is 1. The van der Waals surface area contributed by atoms with Crippen LogP contribution in [0.25, 0.3) is 0 Å². The number of aryl methyl sites for hydroxylation is 1. The first-order valence-electron chi connectivity index (χ1n) is 5.57. The van der Waals surface area contributed by atoms with Crippen molar-refractivity contribution in [3.63, 3.8) is 0 Å². The van der Waals surface area contributed by atoms with Gasteiger partial charge in [0.25, 0.3) is 0 Å². The minimum atomic E-state index is -0.654. The lowest BCUT2D eigenvalue weighted by molar-refractivity contribution is 0.599. The van der Waals surface area contributed by atoms with Crippen molar-refractivity contribution in [1.29, 1.82) is 0 Å². The Morgan fingerprint density at radius 1 is 1.16 bits per heavy atom. The van der Waals surface area contributed by atoms with E-state index < -0.39 is 11.9 Å². The van der Waals surface area contributed by atoms with E-state index in [0.29, 0.717) is 20.6 Å². The number of rotatable bonds is 2. The summed E-state index contributed by atoms with van der Waals surface area (Å²) in [4.78, 5) is 0. The van der Waals surface area contributed by atoms with Crippen LogP contribution in [0.4, 0.5) is 4.39 Å². The summed E-state index contributed by atoms with van der Waals surface area (Å²) >= 11 is 15.2. The molecular weight excluding hydrogens is 352 g/mol. The van der Waals surface area contributed by atoms with Crippen molar-refractivity contribution in [2.45, 2.75) is 13.0 Å². The van der Waals surface area contributed by atoms with Gasteiger partial charge in [0, 0.05) is 15.1 Å². The molecule has 100 valence electrons. The van der Waals surface area contributed by atoms with Crippen LogP contribution in [0.2, 0.25) is 10.0 Å². The molecule has 1 atom stereocenters. The molecule has 0 saturated carbocycles. The van der Waals surface area contributed by atoms with Crippen molar-refractivity contribution in [1.82, 2.24) is 0 Å². The second-order valence-corrected chi connectivity index (χ2v) is 5.91. The topological polar surface area (TPSA) is 26.0 Å². The van der Waals surface area contributed by atoms with Gasteiger partial charge in [0.05, 0.1) is 11.1 Å². The highest BCUT2D eigenvalue weighted by Gasteiger charge is 2.19. The number of nitrogens with two attached hydrogens (primary N) is 1. The van der Waals surface area contributed by atoms with Gasteiger partial charge in [-0.1, -0.05) is 41.4 Å². The SMILES string of the molecule is Cc1ccc(C(N)c2ccc(Br)c(Cl)c2F)c(Cl)c1. The predicted octanol–water partition coefficient (Wildman–Crippen LogP) is 5.25. The average Bonchev–Trinajstić information content (AvgIpc) is 2.35. The largest absolute Gasteiger partial charge is 0.320 e. The molecule has 2 rings (SSSR count). The highest BCUT2D eigenvalue weighted by atomic mass is 79.9. The Hall–Kier alpha value is -0.610. The van der Waals surface area contributed by atoms with Gasteiger partial charge in [0.2, 0.25) is 0 Å². The molecule has 0 aromatic heterocycles. The summed E-state index contributed by atoms with van der Waals surface area (Å²) in [6, 6.07) is 8.11. The molecule has 5 heteroatoms. The van der Waals surface area contributed by atoms with E-state index in [4.69, 9.17) is 28.9 Å². The van der Waals surface area contributed by atoms with Gasteiger partial charge in [0.15, 0.2) is 0 Å². The summed E-state index contributed by atoms with van der Waals surface area (Å²) in [5.74, 6) is -0.528. The normalized spacial score (nSPS) is 12.5. The van der Waals surface area contributed by atoms with Crippen LogP contribution in [0.15, 0.2) is 34.8 Å². The van der Waals surface area contributed by atoms with Crippen molar-refractivity contribution >= 4 is 39.1 Å². The van der Waals surface area contributed by atoms with E-state index in [2.05, 4.69) is 15.9 Å². The third-order valence-corrected chi connectivity index (χ3v) is 4.48. The van der Waals surface area contributed by atoms with Crippen LogP contribution in [0.1, 0.15) is 22.7 Å².